The molecular weight excluding hydrogens is 435 g/mol. The third kappa shape index (κ3) is 3.26. The first-order valence-corrected chi connectivity index (χ1v) is 11.6. The van der Waals surface area contributed by atoms with Crippen LogP contribution >= 0.6 is 11.3 Å². The molecule has 0 radical (unpaired) electrons. The highest BCUT2D eigenvalue weighted by Gasteiger charge is 2.32. The molecule has 3 aromatic carbocycles. The number of aromatic nitrogens is 1. The monoisotopic (exact) mass is 454 g/mol. The van der Waals surface area contributed by atoms with Gasteiger partial charge in [0, 0.05) is 11.1 Å². The molecule has 0 amide bonds. The lowest BCUT2D eigenvalue weighted by molar-refractivity contribution is 0.474. The van der Waals surface area contributed by atoms with E-state index in [9.17, 15) is 14.3 Å². The molecule has 0 fully saturated rings. The van der Waals surface area contributed by atoms with Gasteiger partial charge in [-0.25, -0.2) is 9.38 Å². The molecule has 1 aliphatic heterocycles. The third-order valence-corrected chi connectivity index (χ3v) is 7.24. The Balaban J connectivity index is 1.65. The minimum absolute atomic E-state index is 0.109. The molecule has 0 spiro atoms. The Bertz CT molecular complexity index is 1630. The van der Waals surface area contributed by atoms with Gasteiger partial charge in [-0.15, -0.1) is 0 Å². The maximum absolute atomic E-state index is 14.2. The van der Waals surface area contributed by atoms with Crippen molar-refractivity contribution in [2.45, 2.75) is 18.9 Å². The molecule has 2 aliphatic rings. The number of aromatic hydroxyl groups is 1. The highest BCUT2D eigenvalue weighted by molar-refractivity contribution is 7.07. The topological polar surface area (TPSA) is 54.6 Å². The summed E-state index contributed by atoms with van der Waals surface area (Å²) in [5.74, 6) is -0.225. The Morgan fingerprint density at radius 1 is 1.03 bits per heavy atom. The fourth-order valence-corrected chi connectivity index (χ4v) is 5.74. The number of aryl methyl sites for hydroxylation is 1. The predicted molar refractivity (Wildman–Crippen MR) is 127 cm³/mol. The van der Waals surface area contributed by atoms with Gasteiger partial charge >= 0.3 is 0 Å². The average molecular weight is 455 g/mol. The van der Waals surface area contributed by atoms with Gasteiger partial charge < -0.3 is 5.11 Å². The lowest BCUT2D eigenvalue weighted by Crippen LogP contribution is -2.38. The molecule has 6 heteroatoms. The Hall–Kier alpha value is -3.77. The minimum atomic E-state index is -0.424. The van der Waals surface area contributed by atoms with E-state index >= 15 is 0 Å². The first-order valence-electron chi connectivity index (χ1n) is 10.8. The lowest BCUT2D eigenvalue weighted by Gasteiger charge is -2.30. The Labute approximate surface area is 192 Å². The molecule has 4 nitrogen and oxygen atoms in total. The van der Waals surface area contributed by atoms with E-state index in [-0.39, 0.29) is 17.1 Å². The molecule has 162 valence electrons. The minimum Gasteiger partial charge on any atom is -0.507 e. The van der Waals surface area contributed by atoms with Crippen LogP contribution in [0.3, 0.4) is 0 Å². The molecular formula is C27H19FN2O2S. The summed E-state index contributed by atoms with van der Waals surface area (Å²) in [6.07, 6.45) is 3.29. The van der Waals surface area contributed by atoms with E-state index in [0.29, 0.717) is 14.9 Å². The third-order valence-electron chi connectivity index (χ3n) is 6.26. The fourth-order valence-electron chi connectivity index (χ4n) is 4.75. The molecule has 33 heavy (non-hydrogen) atoms. The fraction of sp³-hybridized carbons (Fsp3) is 0.111. The second-order valence-electron chi connectivity index (χ2n) is 8.23. The molecule has 1 unspecified atom stereocenters. The van der Waals surface area contributed by atoms with Crippen molar-refractivity contribution in [2.75, 3.05) is 0 Å². The van der Waals surface area contributed by atoms with Crippen molar-refractivity contribution in [3.8, 4) is 5.75 Å². The van der Waals surface area contributed by atoms with E-state index in [0.717, 1.165) is 35.2 Å². The molecule has 2 heterocycles. The average Bonchev–Trinajstić information content (AvgIpc) is 3.13. The molecule has 0 saturated carbocycles. The maximum atomic E-state index is 14.2. The summed E-state index contributed by atoms with van der Waals surface area (Å²) < 4.78 is 16.4. The van der Waals surface area contributed by atoms with Gasteiger partial charge in [-0.05, 0) is 53.8 Å². The van der Waals surface area contributed by atoms with Crippen LogP contribution in [0.25, 0.3) is 11.8 Å². The van der Waals surface area contributed by atoms with E-state index in [2.05, 4.69) is 12.1 Å². The Kier molecular flexibility index (Phi) is 4.62. The van der Waals surface area contributed by atoms with Gasteiger partial charge in [0.15, 0.2) is 4.80 Å². The Morgan fingerprint density at radius 3 is 2.70 bits per heavy atom. The van der Waals surface area contributed by atoms with Gasteiger partial charge in [0.2, 0.25) is 0 Å². The van der Waals surface area contributed by atoms with Gasteiger partial charge in [0.25, 0.3) is 5.56 Å². The van der Waals surface area contributed by atoms with Crippen LogP contribution in [0.2, 0.25) is 0 Å². The number of hydrogen-bond acceptors (Lipinski definition) is 4. The molecule has 6 rings (SSSR count). The van der Waals surface area contributed by atoms with Crippen LogP contribution in [-0.4, -0.2) is 9.67 Å². The van der Waals surface area contributed by atoms with E-state index in [1.807, 2.05) is 24.3 Å². The van der Waals surface area contributed by atoms with Crippen molar-refractivity contribution in [1.29, 1.82) is 0 Å². The van der Waals surface area contributed by atoms with Crippen LogP contribution in [0.1, 0.15) is 34.7 Å². The summed E-state index contributed by atoms with van der Waals surface area (Å²) in [4.78, 5) is 19.1. The zero-order valence-electron chi connectivity index (χ0n) is 17.5. The zero-order chi connectivity index (χ0) is 22.5. The number of nitrogens with zero attached hydrogens (tertiary/aromatic N) is 2. The smallest absolute Gasteiger partial charge is 0.271 e. The second kappa shape index (κ2) is 7.67. The molecule has 1 aromatic heterocycles. The number of thiazole rings is 1. The number of benzene rings is 3. The van der Waals surface area contributed by atoms with Crippen LogP contribution in [0.4, 0.5) is 4.39 Å². The molecule has 1 aliphatic carbocycles. The summed E-state index contributed by atoms with van der Waals surface area (Å²) in [6, 6.07) is 21.1. The largest absolute Gasteiger partial charge is 0.507 e. The van der Waals surface area contributed by atoms with Crippen molar-refractivity contribution < 1.29 is 9.50 Å². The summed E-state index contributed by atoms with van der Waals surface area (Å²) in [6.45, 7) is 0. The highest BCUT2D eigenvalue weighted by Crippen LogP contribution is 2.41. The van der Waals surface area contributed by atoms with Crippen molar-refractivity contribution >= 4 is 23.1 Å². The summed E-state index contributed by atoms with van der Waals surface area (Å²) in [5, 5.41) is 10.2. The maximum Gasteiger partial charge on any atom is 0.271 e. The van der Waals surface area contributed by atoms with Crippen LogP contribution < -0.4 is 14.9 Å². The molecule has 1 N–H and O–H groups in total. The van der Waals surface area contributed by atoms with Gasteiger partial charge in [0.1, 0.15) is 11.6 Å². The predicted octanol–water partition coefficient (Wildman–Crippen LogP) is 4.16. The van der Waals surface area contributed by atoms with E-state index in [1.165, 1.54) is 29.0 Å². The number of para-hydroxylation sites is 1. The van der Waals surface area contributed by atoms with Crippen LogP contribution in [0, 0.1) is 5.82 Å². The number of hydrogen-bond donors (Lipinski definition) is 1. The van der Waals surface area contributed by atoms with Crippen LogP contribution in [0.5, 0.6) is 5.75 Å². The Morgan fingerprint density at radius 2 is 1.85 bits per heavy atom. The quantitative estimate of drug-likeness (QED) is 0.495. The molecule has 1 atom stereocenters. The summed E-state index contributed by atoms with van der Waals surface area (Å²) >= 11 is 1.29. The summed E-state index contributed by atoms with van der Waals surface area (Å²) in [7, 11) is 0. The number of fused-ring (bicyclic) bond motifs is 3. The van der Waals surface area contributed by atoms with Gasteiger partial charge in [-0.1, -0.05) is 65.9 Å². The molecule has 0 saturated heterocycles. The van der Waals surface area contributed by atoms with Gasteiger partial charge in [-0.3, -0.25) is 9.36 Å². The second-order valence-corrected chi connectivity index (χ2v) is 9.24. The lowest BCUT2D eigenvalue weighted by atomic mass is 9.83. The van der Waals surface area contributed by atoms with E-state index in [1.54, 1.807) is 34.9 Å². The normalized spacial score (nSPS) is 17.2. The number of halogens is 1. The number of allylic oxidation sites excluding steroid dienone is 1. The standard InChI is InChI=1S/C27H19FN2O2S/c28-19-9-5-8-18(14-19)25-21-13-12-16-6-1-3-10-20(16)24(21)29-27-30(25)26(32)23(33-27)15-17-7-2-4-11-22(17)31/h1-11,14-15,25,31H,12-13H2/b23-15-. The van der Waals surface area contributed by atoms with E-state index in [4.69, 9.17) is 4.99 Å². The first kappa shape index (κ1) is 19.9. The van der Waals surface area contributed by atoms with Crippen molar-refractivity contribution in [3.63, 3.8) is 0 Å². The van der Waals surface area contributed by atoms with Gasteiger partial charge in [-0.2, -0.15) is 0 Å². The number of rotatable bonds is 2. The SMILES string of the molecule is O=c1/c(=C/c2ccccc2O)sc2n1C(c1cccc(F)c1)C1=C(N=2)c2ccccc2CC1. The zero-order valence-corrected chi connectivity index (χ0v) is 18.3. The summed E-state index contributed by atoms with van der Waals surface area (Å²) in [5.41, 5.74) is 5.31. The molecule has 4 aromatic rings. The van der Waals surface area contributed by atoms with Crippen LogP contribution in [0.15, 0.2) is 88.2 Å². The van der Waals surface area contributed by atoms with E-state index < -0.39 is 6.04 Å². The van der Waals surface area contributed by atoms with Crippen molar-refractivity contribution in [2.24, 2.45) is 4.99 Å². The highest BCUT2D eigenvalue weighted by atomic mass is 32.1. The molecule has 0 bridgehead atoms. The van der Waals surface area contributed by atoms with Crippen molar-refractivity contribution in [1.82, 2.24) is 4.57 Å². The number of phenolic OH excluding ortho intramolecular Hbond substituents is 1. The van der Waals surface area contributed by atoms with Gasteiger partial charge in [0.05, 0.1) is 16.3 Å². The van der Waals surface area contributed by atoms with Crippen LogP contribution in [-0.2, 0) is 6.42 Å². The first-order chi connectivity index (χ1) is 16.1. The van der Waals surface area contributed by atoms with Crippen molar-refractivity contribution in [3.05, 3.63) is 126 Å². The number of phenols is 1.